The molecule has 2 nitrogen and oxygen atoms in total. The van der Waals surface area contributed by atoms with Crippen LogP contribution in [0.5, 0.6) is 0 Å². The van der Waals surface area contributed by atoms with E-state index in [2.05, 4.69) is 276 Å². The molecule has 0 saturated heterocycles. The first-order valence-electron chi connectivity index (χ1n) is 23.4. The molecule has 13 rings (SSSR count). The first kappa shape index (κ1) is 39.4. The van der Waals surface area contributed by atoms with Crippen molar-refractivity contribution in [1.82, 2.24) is 4.57 Å². The molecule has 13 aromatic rings. The van der Waals surface area contributed by atoms with E-state index in [1.807, 2.05) is 0 Å². The summed E-state index contributed by atoms with van der Waals surface area (Å²) >= 11 is 0. The summed E-state index contributed by atoms with van der Waals surface area (Å²) in [5, 5.41) is 9.94. The van der Waals surface area contributed by atoms with Crippen LogP contribution in [-0.4, -0.2) is 4.57 Å². The van der Waals surface area contributed by atoms with Crippen LogP contribution in [0.1, 0.15) is 0 Å². The van der Waals surface area contributed by atoms with Gasteiger partial charge in [-0.15, -0.1) is 0 Å². The van der Waals surface area contributed by atoms with Gasteiger partial charge in [-0.1, -0.05) is 206 Å². The lowest BCUT2D eigenvalue weighted by molar-refractivity contribution is 1.18. The van der Waals surface area contributed by atoms with Crippen LogP contribution in [0.2, 0.25) is 0 Å². The molecule has 0 aliphatic rings. The number of anilines is 3. The lowest BCUT2D eigenvalue weighted by atomic mass is 9.89. The van der Waals surface area contributed by atoms with Crippen LogP contribution in [-0.2, 0) is 0 Å². The average molecular weight is 865 g/mol. The van der Waals surface area contributed by atoms with Crippen LogP contribution in [0, 0.1) is 0 Å². The van der Waals surface area contributed by atoms with Gasteiger partial charge in [0.1, 0.15) is 0 Å². The zero-order chi connectivity index (χ0) is 45.0. The zero-order valence-corrected chi connectivity index (χ0v) is 37.3. The van der Waals surface area contributed by atoms with Crippen LogP contribution < -0.4 is 4.90 Å². The van der Waals surface area contributed by atoms with Crippen LogP contribution in [0.3, 0.4) is 0 Å². The van der Waals surface area contributed by atoms with Gasteiger partial charge in [0.15, 0.2) is 0 Å². The minimum absolute atomic E-state index is 1.07. The number of para-hydroxylation sites is 2. The quantitative estimate of drug-likeness (QED) is 0.148. The molecule has 0 N–H and O–H groups in total. The highest BCUT2D eigenvalue weighted by Crippen LogP contribution is 2.44. The van der Waals surface area contributed by atoms with Crippen LogP contribution in [0.15, 0.2) is 267 Å². The molecular weight excluding hydrogens is 821 g/mol. The van der Waals surface area contributed by atoms with E-state index in [-0.39, 0.29) is 0 Å². The van der Waals surface area contributed by atoms with Crippen molar-refractivity contribution in [3.63, 3.8) is 0 Å². The number of rotatable bonds is 8. The monoisotopic (exact) mass is 864 g/mol. The first-order chi connectivity index (χ1) is 33.7. The van der Waals surface area contributed by atoms with Gasteiger partial charge in [0.05, 0.1) is 16.7 Å². The van der Waals surface area contributed by atoms with Gasteiger partial charge in [-0.05, 0) is 132 Å². The highest BCUT2D eigenvalue weighted by atomic mass is 15.1. The molecule has 0 atom stereocenters. The molecular formula is C66H44N2. The Balaban J connectivity index is 0.960. The van der Waals surface area contributed by atoms with Gasteiger partial charge in [0.2, 0.25) is 0 Å². The van der Waals surface area contributed by atoms with E-state index in [0.29, 0.717) is 0 Å². The summed E-state index contributed by atoms with van der Waals surface area (Å²) in [6, 6.07) is 97.5. The van der Waals surface area contributed by atoms with E-state index in [4.69, 9.17) is 0 Å². The smallest absolute Gasteiger partial charge is 0.0547 e. The summed E-state index contributed by atoms with van der Waals surface area (Å²) in [5.41, 5.74) is 16.3. The Morgan fingerprint density at radius 3 is 1.54 bits per heavy atom. The molecule has 318 valence electrons. The van der Waals surface area contributed by atoms with Crippen molar-refractivity contribution in [3.05, 3.63) is 267 Å². The van der Waals surface area contributed by atoms with Crippen molar-refractivity contribution in [2.75, 3.05) is 4.90 Å². The second kappa shape index (κ2) is 16.5. The van der Waals surface area contributed by atoms with Crippen molar-refractivity contribution < 1.29 is 0 Å². The summed E-state index contributed by atoms with van der Waals surface area (Å²) in [6.07, 6.45) is 0. The Bertz CT molecular complexity index is 4010. The zero-order valence-electron chi connectivity index (χ0n) is 37.3. The summed E-state index contributed by atoms with van der Waals surface area (Å²) < 4.78 is 2.45. The fourth-order valence-corrected chi connectivity index (χ4v) is 10.6. The fourth-order valence-electron chi connectivity index (χ4n) is 10.6. The predicted octanol–water partition coefficient (Wildman–Crippen LogP) is 18.4. The third-order valence-corrected chi connectivity index (χ3v) is 13.8. The number of hydrogen-bond acceptors (Lipinski definition) is 1. The van der Waals surface area contributed by atoms with Gasteiger partial charge >= 0.3 is 0 Å². The molecule has 0 amide bonds. The van der Waals surface area contributed by atoms with Gasteiger partial charge in [-0.3, -0.25) is 0 Å². The van der Waals surface area contributed by atoms with Gasteiger partial charge in [-0.25, -0.2) is 0 Å². The highest BCUT2D eigenvalue weighted by molar-refractivity contribution is 6.14. The average Bonchev–Trinajstić information content (AvgIpc) is 3.73. The molecule has 0 spiro atoms. The number of aromatic nitrogens is 1. The molecule has 12 aromatic carbocycles. The summed E-state index contributed by atoms with van der Waals surface area (Å²) in [5.74, 6) is 0. The molecule has 1 heterocycles. The minimum atomic E-state index is 1.07. The van der Waals surface area contributed by atoms with E-state index in [1.165, 1.54) is 93.1 Å². The topological polar surface area (TPSA) is 8.17 Å². The minimum Gasteiger partial charge on any atom is -0.310 e. The largest absolute Gasteiger partial charge is 0.310 e. The van der Waals surface area contributed by atoms with Crippen LogP contribution in [0.25, 0.3) is 104 Å². The van der Waals surface area contributed by atoms with E-state index in [0.717, 1.165) is 28.3 Å². The van der Waals surface area contributed by atoms with Crippen LogP contribution >= 0.6 is 0 Å². The predicted molar refractivity (Wildman–Crippen MR) is 290 cm³/mol. The Hall–Kier alpha value is -8.98. The maximum atomic E-state index is 2.45. The Labute approximate surface area is 395 Å². The highest BCUT2D eigenvalue weighted by Gasteiger charge is 2.20. The summed E-state index contributed by atoms with van der Waals surface area (Å²) in [7, 11) is 0. The second-order valence-corrected chi connectivity index (χ2v) is 17.7. The lowest BCUT2D eigenvalue weighted by Gasteiger charge is -2.27. The molecule has 0 aliphatic carbocycles. The number of fused-ring (bicyclic) bond motifs is 6. The molecule has 0 bridgehead atoms. The molecule has 0 saturated carbocycles. The Kier molecular flexibility index (Phi) is 9.54. The molecule has 68 heavy (non-hydrogen) atoms. The van der Waals surface area contributed by atoms with E-state index in [1.54, 1.807) is 0 Å². The van der Waals surface area contributed by atoms with E-state index >= 15 is 0 Å². The van der Waals surface area contributed by atoms with Crippen LogP contribution in [0.4, 0.5) is 17.1 Å². The Morgan fingerprint density at radius 1 is 0.250 bits per heavy atom. The van der Waals surface area contributed by atoms with Gasteiger partial charge < -0.3 is 9.47 Å². The van der Waals surface area contributed by atoms with Gasteiger partial charge in [0.25, 0.3) is 0 Å². The summed E-state index contributed by atoms with van der Waals surface area (Å²) in [4.78, 5) is 2.40. The lowest BCUT2D eigenvalue weighted by Crippen LogP contribution is -2.10. The molecule has 0 fully saturated rings. The molecule has 0 unspecified atom stereocenters. The molecule has 2 heteroatoms. The maximum absolute atomic E-state index is 2.45. The molecule has 0 aliphatic heterocycles. The second-order valence-electron chi connectivity index (χ2n) is 17.7. The van der Waals surface area contributed by atoms with E-state index in [9.17, 15) is 0 Å². The van der Waals surface area contributed by atoms with Crippen molar-refractivity contribution in [2.24, 2.45) is 0 Å². The normalized spacial score (nSPS) is 11.5. The third-order valence-electron chi connectivity index (χ3n) is 13.8. The SMILES string of the molecule is c1ccc(-c2ccc3ccccc3c2-c2cccc(N(c3ccc(-c4ccccc4-n4c5ccccc5c5cc6ccccc6cc54)cc3)c3ccc(-c4cccc5ccccc45)cc3)c2)cc1. The fraction of sp³-hybridized carbons (Fsp3) is 0. The van der Waals surface area contributed by atoms with Gasteiger partial charge in [0, 0.05) is 33.4 Å². The standard InChI is InChI=1S/C66H44N2/c1-2-16-46(17-3-1)60-41-36-47-19-7-9-27-59(47)66(60)52-23-14-24-55(42-52)67(53-37-32-48(33-38-53)57-29-15-22-45-18-6-8-25-56(45)57)54-39-34-49(35-40-54)58-26-10-12-30-63(58)68-64-31-13-11-28-61(64)62-43-50-20-4-5-21-51(50)44-65(62)68/h1-44H. The third kappa shape index (κ3) is 6.73. The van der Waals surface area contributed by atoms with E-state index < -0.39 is 0 Å². The number of nitrogens with zero attached hydrogens (tertiary/aromatic N) is 2. The number of hydrogen-bond donors (Lipinski definition) is 0. The Morgan fingerprint density at radius 2 is 0.779 bits per heavy atom. The van der Waals surface area contributed by atoms with Gasteiger partial charge in [-0.2, -0.15) is 0 Å². The molecule has 0 radical (unpaired) electrons. The van der Waals surface area contributed by atoms with Crippen molar-refractivity contribution in [1.29, 1.82) is 0 Å². The van der Waals surface area contributed by atoms with Crippen molar-refractivity contribution >= 4 is 71.2 Å². The maximum Gasteiger partial charge on any atom is 0.0547 e. The first-order valence-corrected chi connectivity index (χ1v) is 23.4. The van der Waals surface area contributed by atoms with Crippen molar-refractivity contribution in [3.8, 4) is 50.2 Å². The van der Waals surface area contributed by atoms with Crippen molar-refractivity contribution in [2.45, 2.75) is 0 Å². The summed E-state index contributed by atoms with van der Waals surface area (Å²) in [6.45, 7) is 0. The molecule has 1 aromatic heterocycles. The number of benzene rings is 12.